The number of aliphatic hydroxyl groups excluding tert-OH is 1. The van der Waals surface area contributed by atoms with Crippen molar-refractivity contribution in [1.29, 1.82) is 5.26 Å². The van der Waals surface area contributed by atoms with E-state index in [2.05, 4.69) is 17.5 Å². The van der Waals surface area contributed by atoms with E-state index in [9.17, 15) is 14.3 Å². The molecule has 0 radical (unpaired) electrons. The van der Waals surface area contributed by atoms with Crippen LogP contribution in [0, 0.1) is 23.1 Å². The number of hydrogen-bond donors (Lipinski definition) is 2. The van der Waals surface area contributed by atoms with Gasteiger partial charge in [0, 0.05) is 18.2 Å². The van der Waals surface area contributed by atoms with Crippen LogP contribution in [-0.2, 0) is 0 Å². The van der Waals surface area contributed by atoms with Gasteiger partial charge in [0.15, 0.2) is 0 Å². The molecule has 3 atom stereocenters. The molecule has 0 bridgehead atoms. The Hall–Kier alpha value is -3.69. The number of nitrogens with zero attached hydrogens (tertiary/aromatic N) is 2. The molecule has 0 aromatic heterocycles. The van der Waals surface area contributed by atoms with Gasteiger partial charge in [0.2, 0.25) is 0 Å². The molecular weight excluding hydrogens is 405 g/mol. The number of fused-ring (bicyclic) bond motifs is 3. The van der Waals surface area contributed by atoms with Crippen LogP contribution in [0.5, 0.6) is 0 Å². The van der Waals surface area contributed by atoms with Crippen molar-refractivity contribution in [1.82, 2.24) is 4.90 Å². The maximum Gasteiger partial charge on any atom is 0.257 e. The first-order valence-corrected chi connectivity index (χ1v) is 10.7. The molecule has 0 unspecified atom stereocenters. The molecule has 1 amide bonds. The molecular formula is C26H22FN3O2. The van der Waals surface area contributed by atoms with E-state index in [4.69, 9.17) is 5.26 Å². The van der Waals surface area contributed by atoms with Crippen molar-refractivity contribution in [2.45, 2.75) is 18.5 Å². The molecule has 160 valence electrons. The molecule has 6 heteroatoms. The van der Waals surface area contributed by atoms with Crippen LogP contribution in [0.4, 0.5) is 10.1 Å². The number of carbonyl (C=O) groups is 1. The Kier molecular flexibility index (Phi) is 5.12. The molecule has 5 rings (SSSR count). The predicted octanol–water partition coefficient (Wildman–Crippen LogP) is 4.35. The highest BCUT2D eigenvalue weighted by Gasteiger charge is 2.46. The van der Waals surface area contributed by atoms with Gasteiger partial charge in [-0.25, -0.2) is 4.39 Å². The second-order valence-corrected chi connectivity index (χ2v) is 8.30. The largest absolute Gasteiger partial charge is 0.394 e. The first kappa shape index (κ1) is 20.2. The Labute approximate surface area is 185 Å². The number of rotatable bonds is 3. The summed E-state index contributed by atoms with van der Waals surface area (Å²) in [5.41, 5.74) is 4.44. The first-order valence-electron chi connectivity index (χ1n) is 10.7. The van der Waals surface area contributed by atoms with Crippen LogP contribution in [-0.4, -0.2) is 35.1 Å². The Balaban J connectivity index is 1.57. The zero-order valence-electron chi connectivity index (χ0n) is 17.3. The van der Waals surface area contributed by atoms with Crippen LogP contribution in [0.25, 0.3) is 11.1 Å². The monoisotopic (exact) mass is 427 g/mol. The lowest BCUT2D eigenvalue weighted by atomic mass is 9.82. The Bertz CT molecular complexity index is 1220. The van der Waals surface area contributed by atoms with Gasteiger partial charge in [0.25, 0.3) is 5.91 Å². The quantitative estimate of drug-likeness (QED) is 0.651. The molecule has 2 aliphatic rings. The SMILES string of the molecule is N#Cc1ccc(-c2ccc3c(c2)[C@H]2[C@H](CCN2C(=O)c2ccccc2F)[C@@H](CO)N3)cc1. The van der Waals surface area contributed by atoms with Gasteiger partial charge in [-0.1, -0.05) is 30.3 Å². The van der Waals surface area contributed by atoms with Gasteiger partial charge in [0.05, 0.1) is 35.9 Å². The normalized spacial score (nSPS) is 21.3. The maximum atomic E-state index is 14.4. The summed E-state index contributed by atoms with van der Waals surface area (Å²) >= 11 is 0. The Morgan fingerprint density at radius 1 is 1.12 bits per heavy atom. The minimum absolute atomic E-state index is 0.0273. The highest BCUT2D eigenvalue weighted by Crippen LogP contribution is 2.47. The summed E-state index contributed by atoms with van der Waals surface area (Å²) in [6, 6.07) is 21.1. The summed E-state index contributed by atoms with van der Waals surface area (Å²) in [5.74, 6) is -0.830. The molecule has 1 saturated heterocycles. The van der Waals surface area contributed by atoms with Crippen molar-refractivity contribution >= 4 is 11.6 Å². The van der Waals surface area contributed by atoms with E-state index in [1.807, 2.05) is 24.3 Å². The summed E-state index contributed by atoms with van der Waals surface area (Å²) in [7, 11) is 0. The van der Waals surface area contributed by atoms with Crippen molar-refractivity contribution in [2.24, 2.45) is 5.92 Å². The van der Waals surface area contributed by atoms with Gasteiger partial charge in [-0.05, 0) is 59.5 Å². The molecule has 0 saturated carbocycles. The molecule has 32 heavy (non-hydrogen) atoms. The maximum absolute atomic E-state index is 14.4. The fourth-order valence-electron chi connectivity index (χ4n) is 5.00. The average Bonchev–Trinajstić information content (AvgIpc) is 3.29. The zero-order chi connectivity index (χ0) is 22.2. The van der Waals surface area contributed by atoms with E-state index in [1.54, 1.807) is 29.2 Å². The molecule has 1 fully saturated rings. The molecule has 3 aromatic rings. The van der Waals surface area contributed by atoms with E-state index in [0.717, 1.165) is 28.8 Å². The highest BCUT2D eigenvalue weighted by molar-refractivity contribution is 5.95. The molecule has 0 spiro atoms. The van der Waals surface area contributed by atoms with Gasteiger partial charge in [-0.15, -0.1) is 0 Å². The summed E-state index contributed by atoms with van der Waals surface area (Å²) in [6.07, 6.45) is 0.726. The van der Waals surface area contributed by atoms with Gasteiger partial charge in [-0.2, -0.15) is 5.26 Å². The average molecular weight is 427 g/mol. The number of benzene rings is 3. The molecule has 2 aliphatic heterocycles. The summed E-state index contributed by atoms with van der Waals surface area (Å²) < 4.78 is 14.4. The number of carbonyl (C=O) groups excluding carboxylic acids is 1. The van der Waals surface area contributed by atoms with Crippen LogP contribution in [0.2, 0.25) is 0 Å². The third-order valence-corrected chi connectivity index (χ3v) is 6.58. The first-order chi connectivity index (χ1) is 15.6. The standard InChI is InChI=1S/C26H22FN3O2/c27-22-4-2-1-3-19(22)26(32)30-12-11-20-24(15-31)29-23-10-9-18(13-21(23)25(20)30)17-7-5-16(14-28)6-8-17/h1-10,13,20,24-25,29,31H,11-12,15H2/t20-,24-,25-/m1/s1. The van der Waals surface area contributed by atoms with Crippen molar-refractivity contribution in [2.75, 3.05) is 18.5 Å². The zero-order valence-corrected chi connectivity index (χ0v) is 17.3. The van der Waals surface area contributed by atoms with E-state index >= 15 is 0 Å². The second kappa shape index (κ2) is 8.10. The molecule has 2 heterocycles. The number of nitriles is 1. The van der Waals surface area contributed by atoms with Gasteiger partial charge in [0.1, 0.15) is 5.82 Å². The smallest absolute Gasteiger partial charge is 0.257 e. The van der Waals surface area contributed by atoms with Gasteiger partial charge >= 0.3 is 0 Å². The van der Waals surface area contributed by atoms with E-state index in [0.29, 0.717) is 12.1 Å². The third-order valence-electron chi connectivity index (χ3n) is 6.58. The lowest BCUT2D eigenvalue weighted by Gasteiger charge is -2.39. The lowest BCUT2D eigenvalue weighted by molar-refractivity contribution is 0.0696. The van der Waals surface area contributed by atoms with Crippen molar-refractivity contribution < 1.29 is 14.3 Å². The van der Waals surface area contributed by atoms with Crippen molar-refractivity contribution in [3.05, 3.63) is 89.2 Å². The Morgan fingerprint density at radius 3 is 2.59 bits per heavy atom. The predicted molar refractivity (Wildman–Crippen MR) is 119 cm³/mol. The molecule has 3 aromatic carbocycles. The van der Waals surface area contributed by atoms with Crippen LogP contribution < -0.4 is 5.32 Å². The minimum atomic E-state index is -0.528. The fraction of sp³-hybridized carbons (Fsp3) is 0.231. The number of halogens is 1. The Morgan fingerprint density at radius 2 is 1.88 bits per heavy atom. The number of hydrogen-bond acceptors (Lipinski definition) is 4. The molecule has 0 aliphatic carbocycles. The minimum Gasteiger partial charge on any atom is -0.394 e. The van der Waals surface area contributed by atoms with E-state index < -0.39 is 5.82 Å². The number of aliphatic hydroxyl groups is 1. The highest BCUT2D eigenvalue weighted by atomic mass is 19.1. The van der Waals surface area contributed by atoms with Crippen LogP contribution in [0.3, 0.4) is 0 Å². The summed E-state index contributed by atoms with van der Waals surface area (Å²) in [5, 5.41) is 22.5. The van der Waals surface area contributed by atoms with E-state index in [-0.39, 0.29) is 36.1 Å². The molecule has 5 nitrogen and oxygen atoms in total. The third kappa shape index (κ3) is 3.31. The van der Waals surface area contributed by atoms with Crippen LogP contribution >= 0.6 is 0 Å². The topological polar surface area (TPSA) is 76.4 Å². The number of likely N-dealkylation sites (tertiary alicyclic amines) is 1. The van der Waals surface area contributed by atoms with E-state index in [1.165, 1.54) is 12.1 Å². The van der Waals surface area contributed by atoms with Crippen LogP contribution in [0.1, 0.15) is 33.9 Å². The van der Waals surface area contributed by atoms with Gasteiger partial charge in [-0.3, -0.25) is 4.79 Å². The fourth-order valence-corrected chi connectivity index (χ4v) is 5.00. The second-order valence-electron chi connectivity index (χ2n) is 8.30. The number of anilines is 1. The molecule has 2 N–H and O–H groups in total. The summed E-state index contributed by atoms with van der Waals surface area (Å²) in [4.78, 5) is 15.1. The lowest BCUT2D eigenvalue weighted by Crippen LogP contribution is -2.43. The van der Waals surface area contributed by atoms with Crippen molar-refractivity contribution in [3.8, 4) is 17.2 Å². The summed E-state index contributed by atoms with van der Waals surface area (Å²) in [6.45, 7) is 0.459. The number of amides is 1. The number of nitrogens with one attached hydrogen (secondary N) is 1. The van der Waals surface area contributed by atoms with Crippen molar-refractivity contribution in [3.63, 3.8) is 0 Å². The van der Waals surface area contributed by atoms with Gasteiger partial charge < -0.3 is 15.3 Å². The van der Waals surface area contributed by atoms with Crippen LogP contribution in [0.15, 0.2) is 66.7 Å².